The molecule has 2 amide bonds. The summed E-state index contributed by atoms with van der Waals surface area (Å²) >= 11 is 6.18. The average Bonchev–Trinajstić information content (AvgIpc) is 2.88. The van der Waals surface area contributed by atoms with Gasteiger partial charge in [0.2, 0.25) is 11.8 Å². The third-order valence-electron chi connectivity index (χ3n) is 6.11. The van der Waals surface area contributed by atoms with E-state index >= 15 is 0 Å². The molecule has 188 valence electrons. The molecule has 2 aromatic carbocycles. The number of nitrogens with one attached hydrogen (secondary N) is 1. The second kappa shape index (κ2) is 11.3. The van der Waals surface area contributed by atoms with Gasteiger partial charge in [0.15, 0.2) is 11.5 Å². The summed E-state index contributed by atoms with van der Waals surface area (Å²) in [5.74, 6) is 1.07. The molecule has 1 fully saturated rings. The molecule has 4 rings (SSSR count). The molecule has 1 aromatic heterocycles. The summed E-state index contributed by atoms with van der Waals surface area (Å²) in [6, 6.07) is 10.4. The second-order valence-corrected chi connectivity index (χ2v) is 8.95. The van der Waals surface area contributed by atoms with E-state index in [1.807, 2.05) is 18.2 Å². The van der Waals surface area contributed by atoms with Crippen molar-refractivity contribution in [3.05, 3.63) is 66.0 Å². The van der Waals surface area contributed by atoms with Crippen LogP contribution in [0, 0.1) is 0 Å². The van der Waals surface area contributed by atoms with Crippen LogP contribution in [0.4, 0.5) is 5.82 Å². The number of carbonyl (C=O) groups excluding carboxylic acids is 2. The van der Waals surface area contributed by atoms with Crippen molar-refractivity contribution in [2.45, 2.75) is 31.4 Å². The maximum atomic E-state index is 11.9. The van der Waals surface area contributed by atoms with Gasteiger partial charge in [-0.3, -0.25) is 9.59 Å². The fourth-order valence-electron chi connectivity index (χ4n) is 4.28. The van der Waals surface area contributed by atoms with Gasteiger partial charge in [0, 0.05) is 42.4 Å². The van der Waals surface area contributed by atoms with Gasteiger partial charge in [-0.15, -0.1) is 0 Å². The number of methoxy groups -OCH3 is 1. The Balaban J connectivity index is 1.62. The van der Waals surface area contributed by atoms with E-state index < -0.39 is 11.9 Å². The topological polar surface area (TPSA) is 120 Å². The van der Waals surface area contributed by atoms with Crippen molar-refractivity contribution in [2.24, 2.45) is 5.73 Å². The van der Waals surface area contributed by atoms with Gasteiger partial charge >= 0.3 is 0 Å². The Bertz CT molecular complexity index is 1280. The highest BCUT2D eigenvalue weighted by Gasteiger charge is 2.24. The summed E-state index contributed by atoms with van der Waals surface area (Å²) in [4.78, 5) is 34.3. The summed E-state index contributed by atoms with van der Waals surface area (Å²) in [6.07, 6.45) is 4.11. The van der Waals surface area contributed by atoms with Crippen LogP contribution in [0.3, 0.4) is 0 Å². The first-order valence-electron chi connectivity index (χ1n) is 11.6. The number of likely N-dealkylation sites (tertiary alicyclic amines) is 1. The summed E-state index contributed by atoms with van der Waals surface area (Å²) in [6.45, 7) is 4.74. The minimum Gasteiger partial charge on any atom is -0.493 e. The predicted octanol–water partition coefficient (Wildman–Crippen LogP) is 3.88. The van der Waals surface area contributed by atoms with Crippen LogP contribution in [0.25, 0.3) is 10.9 Å². The van der Waals surface area contributed by atoms with Gasteiger partial charge in [0.1, 0.15) is 18.2 Å². The monoisotopic (exact) mass is 509 g/mol. The van der Waals surface area contributed by atoms with E-state index in [0.29, 0.717) is 59.2 Å². The number of nitrogens with zero attached hydrogens (tertiary/aromatic N) is 3. The number of rotatable bonds is 9. The number of hydrogen-bond donors (Lipinski definition) is 2. The Hall–Kier alpha value is -3.85. The van der Waals surface area contributed by atoms with Gasteiger partial charge in [-0.2, -0.15) is 0 Å². The molecule has 2 heterocycles. The van der Waals surface area contributed by atoms with Crippen LogP contribution in [0.5, 0.6) is 11.5 Å². The molecule has 0 radical (unpaired) electrons. The molecule has 1 unspecified atom stereocenters. The van der Waals surface area contributed by atoms with Gasteiger partial charge in [-0.05, 0) is 29.8 Å². The number of primary amides is 1. The first kappa shape index (κ1) is 25.2. The van der Waals surface area contributed by atoms with Gasteiger partial charge in [-0.25, -0.2) is 9.97 Å². The molecule has 0 bridgehead atoms. The zero-order valence-corrected chi connectivity index (χ0v) is 20.7. The molecular formula is C26H28ClN5O4. The van der Waals surface area contributed by atoms with Crippen molar-refractivity contribution < 1.29 is 19.1 Å². The Labute approximate surface area is 214 Å². The number of benzene rings is 2. The van der Waals surface area contributed by atoms with E-state index in [1.165, 1.54) is 12.4 Å². The van der Waals surface area contributed by atoms with Gasteiger partial charge in [0.05, 0.1) is 25.1 Å². The highest BCUT2D eigenvalue weighted by Crippen LogP contribution is 2.36. The standard InChI is InChI=1S/C26H28ClN5O4/c1-3-25(34)32-9-7-18(8-10-32)36-23-12-19-21(13-22(23)35-2)29-15-30-26(19)31-20(14-24(28)33)16-5-4-6-17(27)11-16/h3-6,11-13,15,18,20H,1,7-10,14H2,2H3,(H2,28,33)(H,29,30,31). The van der Waals surface area contributed by atoms with E-state index in [1.54, 1.807) is 30.2 Å². The Morgan fingerprint density at radius 3 is 2.69 bits per heavy atom. The normalized spacial score (nSPS) is 14.8. The summed E-state index contributed by atoms with van der Waals surface area (Å²) < 4.78 is 11.9. The number of nitrogens with two attached hydrogens (primary N) is 1. The van der Waals surface area contributed by atoms with Crippen LogP contribution in [-0.4, -0.2) is 53.0 Å². The van der Waals surface area contributed by atoms with Crippen molar-refractivity contribution in [2.75, 3.05) is 25.5 Å². The number of ether oxygens (including phenoxy) is 2. The number of amides is 2. The lowest BCUT2D eigenvalue weighted by atomic mass is 10.0. The molecule has 0 aliphatic carbocycles. The van der Waals surface area contributed by atoms with E-state index in [9.17, 15) is 9.59 Å². The van der Waals surface area contributed by atoms with Crippen molar-refractivity contribution in [3.63, 3.8) is 0 Å². The van der Waals surface area contributed by atoms with Gasteiger partial charge in [0.25, 0.3) is 0 Å². The molecule has 0 spiro atoms. The number of carbonyl (C=O) groups is 2. The van der Waals surface area contributed by atoms with Crippen LogP contribution < -0.4 is 20.5 Å². The maximum absolute atomic E-state index is 11.9. The van der Waals surface area contributed by atoms with Crippen LogP contribution in [0.1, 0.15) is 30.9 Å². The zero-order chi connectivity index (χ0) is 25.7. The summed E-state index contributed by atoms with van der Waals surface area (Å²) in [5.41, 5.74) is 6.98. The SMILES string of the molecule is C=CC(=O)N1CCC(Oc2cc3c(NC(CC(N)=O)c4cccc(Cl)c4)ncnc3cc2OC)CC1. The molecule has 1 saturated heterocycles. The Morgan fingerprint density at radius 2 is 2.03 bits per heavy atom. The van der Waals surface area contributed by atoms with Crippen molar-refractivity contribution in [1.29, 1.82) is 0 Å². The van der Waals surface area contributed by atoms with Crippen LogP contribution in [0.15, 0.2) is 55.4 Å². The Morgan fingerprint density at radius 1 is 1.25 bits per heavy atom. The summed E-state index contributed by atoms with van der Waals surface area (Å²) in [7, 11) is 1.57. The molecule has 9 nitrogen and oxygen atoms in total. The molecule has 1 aliphatic heterocycles. The minimum absolute atomic E-state index is 0.0490. The van der Waals surface area contributed by atoms with Gasteiger partial charge < -0.3 is 25.4 Å². The molecular weight excluding hydrogens is 482 g/mol. The fourth-order valence-corrected chi connectivity index (χ4v) is 4.47. The third kappa shape index (κ3) is 5.85. The zero-order valence-electron chi connectivity index (χ0n) is 19.9. The molecule has 3 N–H and O–H groups in total. The number of anilines is 1. The number of hydrogen-bond acceptors (Lipinski definition) is 7. The molecule has 0 saturated carbocycles. The lowest BCUT2D eigenvalue weighted by molar-refractivity contribution is -0.127. The number of aromatic nitrogens is 2. The van der Waals surface area contributed by atoms with Crippen LogP contribution in [0.2, 0.25) is 5.02 Å². The second-order valence-electron chi connectivity index (χ2n) is 8.51. The fraction of sp³-hybridized carbons (Fsp3) is 0.308. The molecule has 1 aliphatic rings. The van der Waals surface area contributed by atoms with Crippen LogP contribution in [-0.2, 0) is 9.59 Å². The highest BCUT2D eigenvalue weighted by molar-refractivity contribution is 6.30. The van der Waals surface area contributed by atoms with E-state index in [-0.39, 0.29) is 18.4 Å². The molecule has 3 aromatic rings. The summed E-state index contributed by atoms with van der Waals surface area (Å²) in [5, 5.41) is 4.58. The van der Waals surface area contributed by atoms with Crippen molar-refractivity contribution >= 4 is 40.1 Å². The van der Waals surface area contributed by atoms with Crippen LogP contribution >= 0.6 is 11.6 Å². The number of piperidine rings is 1. The average molecular weight is 510 g/mol. The lowest BCUT2D eigenvalue weighted by Crippen LogP contribution is -2.41. The number of fused-ring (bicyclic) bond motifs is 1. The smallest absolute Gasteiger partial charge is 0.245 e. The first-order chi connectivity index (χ1) is 17.4. The predicted molar refractivity (Wildman–Crippen MR) is 138 cm³/mol. The maximum Gasteiger partial charge on any atom is 0.245 e. The van der Waals surface area contributed by atoms with Gasteiger partial charge in [-0.1, -0.05) is 30.3 Å². The van der Waals surface area contributed by atoms with E-state index in [2.05, 4.69) is 21.9 Å². The largest absolute Gasteiger partial charge is 0.493 e. The lowest BCUT2D eigenvalue weighted by Gasteiger charge is -2.31. The van der Waals surface area contributed by atoms with Crippen molar-refractivity contribution in [3.8, 4) is 11.5 Å². The molecule has 10 heteroatoms. The van der Waals surface area contributed by atoms with E-state index in [4.69, 9.17) is 26.8 Å². The highest BCUT2D eigenvalue weighted by atomic mass is 35.5. The quantitative estimate of drug-likeness (QED) is 0.420. The Kier molecular flexibility index (Phi) is 7.90. The number of halogens is 1. The van der Waals surface area contributed by atoms with Crippen molar-refractivity contribution in [1.82, 2.24) is 14.9 Å². The third-order valence-corrected chi connectivity index (χ3v) is 6.35. The molecule has 1 atom stereocenters. The minimum atomic E-state index is -0.460. The first-order valence-corrected chi connectivity index (χ1v) is 12.0. The van der Waals surface area contributed by atoms with E-state index in [0.717, 1.165) is 5.56 Å². The molecule has 36 heavy (non-hydrogen) atoms.